The Bertz CT molecular complexity index is 371. The van der Waals surface area contributed by atoms with Crippen LogP contribution in [0.25, 0.3) is 0 Å². The van der Waals surface area contributed by atoms with Crippen LogP contribution in [0.3, 0.4) is 0 Å². The van der Waals surface area contributed by atoms with E-state index in [4.69, 9.17) is 21.1 Å². The number of nitrogens with zero attached hydrogens (tertiary/aromatic N) is 1. The summed E-state index contributed by atoms with van der Waals surface area (Å²) in [6.07, 6.45) is 0. The fourth-order valence-electron chi connectivity index (χ4n) is 1.51. The molecule has 0 bridgehead atoms. The van der Waals surface area contributed by atoms with Gasteiger partial charge in [0.1, 0.15) is 0 Å². The third-order valence-electron chi connectivity index (χ3n) is 2.44. The molecule has 0 radical (unpaired) electrons. The molecule has 0 saturated carbocycles. The second-order valence-electron chi connectivity index (χ2n) is 3.86. The molecule has 17 heavy (non-hydrogen) atoms. The molecule has 1 N–H and O–H groups in total. The number of methoxy groups -OCH3 is 2. The molecular formula is C12H18ClNO3. The van der Waals surface area contributed by atoms with E-state index >= 15 is 0 Å². The standard InChI is InChI=1S/C12H18ClNO3/c1-14(4-5-16-2)8-9-6-10(13)12(15)11(7-9)17-3/h6-7,15H,4-5,8H2,1-3H3. The first kappa shape index (κ1) is 14.1. The Balaban J connectivity index is 2.74. The maximum absolute atomic E-state index is 9.61. The molecule has 0 atom stereocenters. The van der Waals surface area contributed by atoms with E-state index in [9.17, 15) is 5.11 Å². The van der Waals surface area contributed by atoms with Gasteiger partial charge in [0.2, 0.25) is 0 Å². The Morgan fingerprint density at radius 2 is 2.06 bits per heavy atom. The average Bonchev–Trinajstić information content (AvgIpc) is 2.31. The number of hydrogen-bond donors (Lipinski definition) is 1. The van der Waals surface area contributed by atoms with Crippen molar-refractivity contribution in [1.82, 2.24) is 4.90 Å². The van der Waals surface area contributed by atoms with Gasteiger partial charge in [0.05, 0.1) is 18.7 Å². The molecule has 0 spiro atoms. The fourth-order valence-corrected chi connectivity index (χ4v) is 1.75. The minimum Gasteiger partial charge on any atom is -0.503 e. The topological polar surface area (TPSA) is 41.9 Å². The van der Waals surface area contributed by atoms with Gasteiger partial charge in [0, 0.05) is 20.2 Å². The number of rotatable bonds is 6. The molecule has 0 saturated heterocycles. The van der Waals surface area contributed by atoms with E-state index in [1.54, 1.807) is 19.2 Å². The van der Waals surface area contributed by atoms with Crippen LogP contribution >= 0.6 is 11.6 Å². The minimum atomic E-state index is -0.0162. The van der Waals surface area contributed by atoms with Crippen LogP contribution in [-0.2, 0) is 11.3 Å². The maximum atomic E-state index is 9.61. The van der Waals surface area contributed by atoms with Gasteiger partial charge in [0.15, 0.2) is 11.5 Å². The molecule has 96 valence electrons. The Labute approximate surface area is 107 Å². The van der Waals surface area contributed by atoms with E-state index in [0.29, 0.717) is 17.4 Å². The van der Waals surface area contributed by atoms with Crippen molar-refractivity contribution in [2.24, 2.45) is 0 Å². The highest BCUT2D eigenvalue weighted by atomic mass is 35.5. The first-order valence-corrected chi connectivity index (χ1v) is 5.69. The molecule has 1 aromatic carbocycles. The predicted molar refractivity (Wildman–Crippen MR) is 67.9 cm³/mol. The number of benzene rings is 1. The largest absolute Gasteiger partial charge is 0.503 e. The lowest BCUT2D eigenvalue weighted by atomic mass is 10.2. The zero-order valence-corrected chi connectivity index (χ0v) is 11.1. The number of phenolic OH excluding ortho intramolecular Hbond substituents is 1. The van der Waals surface area contributed by atoms with Crippen LogP contribution in [0.15, 0.2) is 12.1 Å². The van der Waals surface area contributed by atoms with E-state index in [-0.39, 0.29) is 5.75 Å². The Morgan fingerprint density at radius 1 is 1.35 bits per heavy atom. The van der Waals surface area contributed by atoms with Crippen LogP contribution in [0.1, 0.15) is 5.56 Å². The van der Waals surface area contributed by atoms with Crippen molar-refractivity contribution in [2.75, 3.05) is 34.4 Å². The molecule has 0 heterocycles. The van der Waals surface area contributed by atoms with Crippen LogP contribution in [0, 0.1) is 0 Å². The van der Waals surface area contributed by atoms with Gasteiger partial charge < -0.3 is 14.6 Å². The van der Waals surface area contributed by atoms with E-state index in [0.717, 1.165) is 18.7 Å². The zero-order valence-electron chi connectivity index (χ0n) is 10.4. The summed E-state index contributed by atoms with van der Waals surface area (Å²) in [6.45, 7) is 2.23. The molecule has 0 aliphatic rings. The molecule has 0 amide bonds. The van der Waals surface area contributed by atoms with Crippen molar-refractivity contribution in [3.63, 3.8) is 0 Å². The summed E-state index contributed by atoms with van der Waals surface area (Å²) in [5.41, 5.74) is 0.989. The van der Waals surface area contributed by atoms with Gasteiger partial charge in [-0.2, -0.15) is 0 Å². The first-order valence-electron chi connectivity index (χ1n) is 5.31. The normalized spacial score (nSPS) is 10.9. The number of aromatic hydroxyl groups is 1. The summed E-state index contributed by atoms with van der Waals surface area (Å²) in [5, 5.41) is 9.91. The number of likely N-dealkylation sites (N-methyl/N-ethyl adjacent to an activating group) is 1. The van der Waals surface area contributed by atoms with Crippen LogP contribution in [0.5, 0.6) is 11.5 Å². The molecule has 1 aromatic rings. The summed E-state index contributed by atoms with van der Waals surface area (Å²) in [6, 6.07) is 3.52. The molecule has 0 aliphatic carbocycles. The molecular weight excluding hydrogens is 242 g/mol. The lowest BCUT2D eigenvalue weighted by Crippen LogP contribution is -2.22. The van der Waals surface area contributed by atoms with Crippen LogP contribution in [0.2, 0.25) is 5.02 Å². The molecule has 4 nitrogen and oxygen atoms in total. The van der Waals surface area contributed by atoms with E-state index in [1.807, 2.05) is 7.05 Å². The lowest BCUT2D eigenvalue weighted by molar-refractivity contribution is 0.158. The van der Waals surface area contributed by atoms with E-state index in [1.165, 1.54) is 7.11 Å². The van der Waals surface area contributed by atoms with Gasteiger partial charge in [-0.1, -0.05) is 11.6 Å². The lowest BCUT2D eigenvalue weighted by Gasteiger charge is -2.17. The van der Waals surface area contributed by atoms with Gasteiger partial charge in [-0.15, -0.1) is 0 Å². The number of hydrogen-bond acceptors (Lipinski definition) is 4. The summed E-state index contributed by atoms with van der Waals surface area (Å²) in [7, 11) is 5.17. The Morgan fingerprint density at radius 3 is 2.65 bits per heavy atom. The summed E-state index contributed by atoms with van der Waals surface area (Å²) in [5.74, 6) is 0.380. The van der Waals surface area contributed by atoms with Crippen LogP contribution in [0.4, 0.5) is 0 Å². The van der Waals surface area contributed by atoms with Crippen molar-refractivity contribution in [1.29, 1.82) is 0 Å². The van der Waals surface area contributed by atoms with Crippen molar-refractivity contribution in [2.45, 2.75) is 6.54 Å². The molecule has 0 unspecified atom stereocenters. The Hall–Kier alpha value is -0.970. The van der Waals surface area contributed by atoms with Gasteiger partial charge >= 0.3 is 0 Å². The third kappa shape index (κ3) is 4.07. The van der Waals surface area contributed by atoms with Crippen molar-refractivity contribution in [3.8, 4) is 11.5 Å². The van der Waals surface area contributed by atoms with Crippen molar-refractivity contribution < 1.29 is 14.6 Å². The number of halogens is 1. The smallest absolute Gasteiger partial charge is 0.176 e. The predicted octanol–water partition coefficient (Wildman–Crippen LogP) is 2.13. The van der Waals surface area contributed by atoms with E-state index < -0.39 is 0 Å². The monoisotopic (exact) mass is 259 g/mol. The van der Waals surface area contributed by atoms with Crippen molar-refractivity contribution >= 4 is 11.6 Å². The molecule has 1 rings (SSSR count). The second kappa shape index (κ2) is 6.69. The van der Waals surface area contributed by atoms with Gasteiger partial charge in [-0.25, -0.2) is 0 Å². The average molecular weight is 260 g/mol. The van der Waals surface area contributed by atoms with Crippen LogP contribution < -0.4 is 4.74 Å². The second-order valence-corrected chi connectivity index (χ2v) is 4.27. The van der Waals surface area contributed by atoms with Crippen molar-refractivity contribution in [3.05, 3.63) is 22.7 Å². The summed E-state index contributed by atoms with van der Waals surface area (Å²) >= 11 is 5.91. The molecule has 0 fully saturated rings. The Kier molecular flexibility index (Phi) is 5.55. The first-order chi connectivity index (χ1) is 8.08. The zero-order chi connectivity index (χ0) is 12.8. The maximum Gasteiger partial charge on any atom is 0.176 e. The SMILES string of the molecule is COCCN(C)Cc1cc(Cl)c(O)c(OC)c1. The highest BCUT2D eigenvalue weighted by molar-refractivity contribution is 6.32. The minimum absolute atomic E-state index is 0.0162. The van der Waals surface area contributed by atoms with Gasteiger partial charge in [0.25, 0.3) is 0 Å². The summed E-state index contributed by atoms with van der Waals surface area (Å²) in [4.78, 5) is 2.10. The molecule has 0 aliphatic heterocycles. The fraction of sp³-hybridized carbons (Fsp3) is 0.500. The molecule has 0 aromatic heterocycles. The summed E-state index contributed by atoms with van der Waals surface area (Å²) < 4.78 is 10.1. The molecule has 5 heteroatoms. The third-order valence-corrected chi connectivity index (χ3v) is 2.73. The van der Waals surface area contributed by atoms with Gasteiger partial charge in [-0.3, -0.25) is 4.90 Å². The highest BCUT2D eigenvalue weighted by Crippen LogP contribution is 2.35. The van der Waals surface area contributed by atoms with Crippen LogP contribution in [-0.4, -0.2) is 44.4 Å². The van der Waals surface area contributed by atoms with E-state index in [2.05, 4.69) is 4.90 Å². The quantitative estimate of drug-likeness (QED) is 0.850. The number of ether oxygens (including phenoxy) is 2. The van der Waals surface area contributed by atoms with Gasteiger partial charge in [-0.05, 0) is 24.7 Å². The highest BCUT2D eigenvalue weighted by Gasteiger charge is 2.10. The number of phenols is 1.